The van der Waals surface area contributed by atoms with Crippen molar-refractivity contribution >= 4 is 44.9 Å². The van der Waals surface area contributed by atoms with Gasteiger partial charge in [-0.05, 0) is 44.2 Å². The maximum Gasteiger partial charge on any atom is 0.339 e. The molecule has 0 spiro atoms. The highest BCUT2D eigenvalue weighted by Gasteiger charge is 2.30. The van der Waals surface area contributed by atoms with E-state index in [0.29, 0.717) is 10.4 Å². The van der Waals surface area contributed by atoms with Crippen LogP contribution in [0.15, 0.2) is 36.4 Å². The number of hydrogen-bond acceptors (Lipinski definition) is 5. The normalized spacial score (nSPS) is 12.2. The second-order valence-corrected chi connectivity index (χ2v) is 8.50. The van der Waals surface area contributed by atoms with Crippen molar-refractivity contribution in [3.8, 4) is 0 Å². The summed E-state index contributed by atoms with van der Waals surface area (Å²) in [5, 5.41) is 2.59. The Bertz CT molecular complexity index is 1080. The first kappa shape index (κ1) is 23.6. The van der Waals surface area contributed by atoms with E-state index in [1.807, 2.05) is 0 Å². The summed E-state index contributed by atoms with van der Waals surface area (Å²) in [4.78, 5) is 24.6. The molecule has 1 atom stereocenters. The van der Waals surface area contributed by atoms with Crippen molar-refractivity contribution in [2.24, 2.45) is 0 Å². The van der Waals surface area contributed by atoms with Crippen molar-refractivity contribution < 1.29 is 31.5 Å². The van der Waals surface area contributed by atoms with Crippen LogP contribution in [0.5, 0.6) is 0 Å². The van der Waals surface area contributed by atoms with Gasteiger partial charge in [-0.15, -0.1) is 0 Å². The Morgan fingerprint density at radius 2 is 1.83 bits per heavy atom. The first-order valence-electron chi connectivity index (χ1n) is 8.67. The Kier molecular flexibility index (Phi) is 7.38. The minimum absolute atomic E-state index is 0.0181. The zero-order valence-corrected chi connectivity index (χ0v) is 17.9. The molecule has 30 heavy (non-hydrogen) atoms. The Hall–Kier alpha value is -2.72. The molecule has 2 aromatic rings. The van der Waals surface area contributed by atoms with Gasteiger partial charge in [0, 0.05) is 11.8 Å². The van der Waals surface area contributed by atoms with E-state index in [2.05, 4.69) is 5.32 Å². The minimum Gasteiger partial charge on any atom is -0.462 e. The lowest BCUT2D eigenvalue weighted by Gasteiger charge is -2.28. The Morgan fingerprint density at radius 1 is 1.17 bits per heavy atom. The third-order valence-electron chi connectivity index (χ3n) is 3.98. The largest absolute Gasteiger partial charge is 0.462 e. The molecule has 0 radical (unpaired) electrons. The van der Waals surface area contributed by atoms with E-state index in [-0.39, 0.29) is 28.6 Å². The number of halogens is 3. The number of hydrogen-bond donors (Lipinski definition) is 1. The van der Waals surface area contributed by atoms with E-state index < -0.39 is 39.6 Å². The number of nitrogens with zero attached hydrogens (tertiary/aromatic N) is 1. The van der Waals surface area contributed by atoms with Crippen LogP contribution < -0.4 is 9.62 Å². The molecule has 1 unspecified atom stereocenters. The Balaban J connectivity index is 2.33. The summed E-state index contributed by atoms with van der Waals surface area (Å²) in [5.41, 5.74) is -0.0371. The van der Waals surface area contributed by atoms with Gasteiger partial charge >= 0.3 is 5.97 Å². The summed E-state index contributed by atoms with van der Waals surface area (Å²) in [5.74, 6) is -3.88. The summed E-state index contributed by atoms with van der Waals surface area (Å²) in [6.07, 6.45) is 0.833. The Labute approximate surface area is 177 Å². The number of nitrogens with one attached hydrogen (secondary N) is 1. The van der Waals surface area contributed by atoms with Crippen LogP contribution in [-0.4, -0.2) is 39.2 Å². The molecular weight excluding hydrogens is 442 g/mol. The fraction of sp³-hybridized carbons (Fsp3) is 0.263. The lowest BCUT2D eigenvalue weighted by atomic mass is 10.2. The summed E-state index contributed by atoms with van der Waals surface area (Å²) in [6.45, 7) is 3.03. The van der Waals surface area contributed by atoms with E-state index in [0.717, 1.165) is 18.4 Å². The standard InChI is InChI=1S/C19H19ClF2N2O5S/c1-4-29-19(26)14-9-12(5-7-15(14)20)23-18(25)11(2)24(30(3,27)28)13-6-8-16(21)17(22)10-13/h5-11H,4H2,1-3H3,(H,23,25). The number of ether oxygens (including phenoxy) is 1. The van der Waals surface area contributed by atoms with Crippen molar-refractivity contribution in [2.45, 2.75) is 19.9 Å². The van der Waals surface area contributed by atoms with Crippen molar-refractivity contribution in [3.05, 3.63) is 58.6 Å². The fourth-order valence-electron chi connectivity index (χ4n) is 2.65. The fourth-order valence-corrected chi connectivity index (χ4v) is 4.01. The maximum atomic E-state index is 13.6. The van der Waals surface area contributed by atoms with Crippen LogP contribution in [0.2, 0.25) is 5.02 Å². The van der Waals surface area contributed by atoms with E-state index in [1.165, 1.54) is 25.1 Å². The summed E-state index contributed by atoms with van der Waals surface area (Å²) in [6, 6.07) is 5.24. The van der Waals surface area contributed by atoms with Gasteiger partial charge in [0.15, 0.2) is 11.6 Å². The van der Waals surface area contributed by atoms with Crippen LogP contribution in [0.25, 0.3) is 0 Å². The second-order valence-electron chi connectivity index (χ2n) is 6.24. The predicted octanol–water partition coefficient (Wildman–Crippen LogP) is 3.59. The van der Waals surface area contributed by atoms with Crippen molar-refractivity contribution in [1.29, 1.82) is 0 Å². The lowest BCUT2D eigenvalue weighted by molar-refractivity contribution is -0.116. The molecule has 0 aromatic heterocycles. The van der Waals surface area contributed by atoms with Crippen LogP contribution in [0.3, 0.4) is 0 Å². The van der Waals surface area contributed by atoms with Gasteiger partial charge in [-0.3, -0.25) is 9.10 Å². The quantitative estimate of drug-likeness (QED) is 0.637. The van der Waals surface area contributed by atoms with E-state index in [4.69, 9.17) is 16.3 Å². The third kappa shape index (κ3) is 5.45. The van der Waals surface area contributed by atoms with E-state index >= 15 is 0 Å². The van der Waals surface area contributed by atoms with Gasteiger partial charge in [-0.2, -0.15) is 0 Å². The number of carbonyl (C=O) groups excluding carboxylic acids is 2. The molecule has 0 aliphatic heterocycles. The first-order chi connectivity index (χ1) is 14.0. The molecule has 1 amide bonds. The molecule has 162 valence electrons. The monoisotopic (exact) mass is 460 g/mol. The molecule has 0 aliphatic carbocycles. The van der Waals surface area contributed by atoms with Gasteiger partial charge < -0.3 is 10.1 Å². The number of amides is 1. The molecule has 0 saturated heterocycles. The highest BCUT2D eigenvalue weighted by atomic mass is 35.5. The highest BCUT2D eigenvalue weighted by Crippen LogP contribution is 2.25. The molecular formula is C19H19ClF2N2O5S. The second kappa shape index (κ2) is 9.40. The zero-order chi connectivity index (χ0) is 22.6. The van der Waals surface area contributed by atoms with Gasteiger partial charge in [-0.1, -0.05) is 11.6 Å². The van der Waals surface area contributed by atoms with Crippen LogP contribution in [0.1, 0.15) is 24.2 Å². The van der Waals surface area contributed by atoms with Gasteiger partial charge in [0.2, 0.25) is 15.9 Å². The summed E-state index contributed by atoms with van der Waals surface area (Å²) >= 11 is 5.98. The number of esters is 1. The van der Waals surface area contributed by atoms with Crippen LogP contribution in [0, 0.1) is 11.6 Å². The van der Waals surface area contributed by atoms with Crippen LogP contribution in [0.4, 0.5) is 20.2 Å². The number of sulfonamides is 1. The lowest BCUT2D eigenvalue weighted by Crippen LogP contribution is -2.45. The van der Waals surface area contributed by atoms with Gasteiger partial charge in [0.05, 0.1) is 29.1 Å². The van der Waals surface area contributed by atoms with E-state index in [1.54, 1.807) is 6.92 Å². The van der Waals surface area contributed by atoms with Gasteiger partial charge in [-0.25, -0.2) is 22.0 Å². The average molecular weight is 461 g/mol. The Morgan fingerprint density at radius 3 is 2.40 bits per heavy atom. The number of benzene rings is 2. The number of anilines is 2. The van der Waals surface area contributed by atoms with Crippen LogP contribution in [-0.2, 0) is 19.6 Å². The average Bonchev–Trinajstić information content (AvgIpc) is 2.65. The van der Waals surface area contributed by atoms with Gasteiger partial charge in [0.1, 0.15) is 6.04 Å². The molecule has 0 heterocycles. The minimum atomic E-state index is -4.03. The molecule has 2 rings (SSSR count). The smallest absolute Gasteiger partial charge is 0.339 e. The summed E-state index contributed by atoms with van der Waals surface area (Å²) < 4.78 is 56.9. The van der Waals surface area contributed by atoms with Crippen molar-refractivity contribution in [1.82, 2.24) is 0 Å². The SMILES string of the molecule is CCOC(=O)c1cc(NC(=O)C(C)N(c2ccc(F)c(F)c2)S(C)(=O)=O)ccc1Cl. The molecule has 0 bridgehead atoms. The van der Waals surface area contributed by atoms with Gasteiger partial charge in [0.25, 0.3) is 0 Å². The predicted molar refractivity (Wildman–Crippen MR) is 109 cm³/mol. The molecule has 0 saturated carbocycles. The zero-order valence-electron chi connectivity index (χ0n) is 16.3. The molecule has 11 heteroatoms. The summed E-state index contributed by atoms with van der Waals surface area (Å²) in [7, 11) is -4.03. The maximum absolute atomic E-state index is 13.6. The van der Waals surface area contributed by atoms with E-state index in [9.17, 15) is 26.8 Å². The molecule has 1 N–H and O–H groups in total. The van der Waals surface area contributed by atoms with Crippen molar-refractivity contribution in [3.63, 3.8) is 0 Å². The molecule has 0 fully saturated rings. The highest BCUT2D eigenvalue weighted by molar-refractivity contribution is 7.92. The molecule has 0 aliphatic rings. The molecule has 7 nitrogen and oxygen atoms in total. The number of carbonyl (C=O) groups is 2. The number of rotatable bonds is 7. The first-order valence-corrected chi connectivity index (χ1v) is 10.9. The van der Waals surface area contributed by atoms with Crippen LogP contribution >= 0.6 is 11.6 Å². The van der Waals surface area contributed by atoms with Crippen molar-refractivity contribution in [2.75, 3.05) is 22.5 Å². The topological polar surface area (TPSA) is 92.8 Å². The molecule has 2 aromatic carbocycles. The third-order valence-corrected chi connectivity index (χ3v) is 5.55.